The minimum absolute atomic E-state index is 0.0185. The number of aliphatic hydroxyl groups excluding tert-OH is 1. The summed E-state index contributed by atoms with van der Waals surface area (Å²) in [5.74, 6) is -1.59. The average molecular weight is 532 g/mol. The fourth-order valence-corrected chi connectivity index (χ4v) is 4.53. The number of hydrogen-bond donors (Lipinski definition) is 2. The normalized spacial score (nSPS) is 15.9. The number of aliphatic imine (C=N–C) groups is 1. The molecule has 1 amide bonds. The molecule has 0 atom stereocenters. The fraction of sp³-hybridized carbons (Fsp3) is 0.208. The molecule has 0 fully saturated rings. The highest BCUT2D eigenvalue weighted by Gasteiger charge is 2.34. The zero-order valence-electron chi connectivity index (χ0n) is 18.2. The highest BCUT2D eigenvalue weighted by Crippen LogP contribution is 2.42. The van der Waals surface area contributed by atoms with Crippen LogP contribution in [0, 0.1) is 6.92 Å². The van der Waals surface area contributed by atoms with Crippen LogP contribution in [0.1, 0.15) is 35.3 Å². The van der Waals surface area contributed by atoms with Gasteiger partial charge in [0, 0.05) is 15.6 Å². The maximum atomic E-state index is 12.8. The first-order chi connectivity index (χ1) is 15.8. The first-order valence-electron chi connectivity index (χ1n) is 10.1. The number of thioether (sulfide) groups is 1. The van der Waals surface area contributed by atoms with Crippen molar-refractivity contribution in [2.24, 2.45) is 4.99 Å². The molecule has 0 aliphatic carbocycles. The summed E-state index contributed by atoms with van der Waals surface area (Å²) in [6, 6.07) is 10.2. The summed E-state index contributed by atoms with van der Waals surface area (Å²) < 4.78 is 11.2. The third kappa shape index (κ3) is 5.48. The average Bonchev–Trinajstić information content (AvgIpc) is 3.06. The lowest BCUT2D eigenvalue weighted by Gasteiger charge is -2.09. The fourth-order valence-electron chi connectivity index (χ4n) is 3.07. The summed E-state index contributed by atoms with van der Waals surface area (Å²) in [7, 11) is 0. The topological polar surface area (TPSA) is 105 Å². The van der Waals surface area contributed by atoms with Gasteiger partial charge in [-0.3, -0.25) is 4.79 Å². The van der Waals surface area contributed by atoms with Gasteiger partial charge in [-0.1, -0.05) is 45.9 Å². The Morgan fingerprint density at radius 3 is 2.55 bits per heavy atom. The summed E-state index contributed by atoms with van der Waals surface area (Å²) in [6.45, 7) is 5.65. The molecule has 0 saturated heterocycles. The molecule has 0 bridgehead atoms. The van der Waals surface area contributed by atoms with Crippen molar-refractivity contribution in [3.8, 4) is 11.5 Å². The molecule has 0 aromatic heterocycles. The zero-order valence-corrected chi connectivity index (χ0v) is 20.6. The Morgan fingerprint density at radius 1 is 1.15 bits per heavy atom. The highest BCUT2D eigenvalue weighted by atomic mass is 79.9. The van der Waals surface area contributed by atoms with Crippen molar-refractivity contribution in [3.05, 3.63) is 73.8 Å². The molecule has 3 rings (SSSR count). The maximum absolute atomic E-state index is 12.8. The van der Waals surface area contributed by atoms with E-state index in [4.69, 9.17) is 9.47 Å². The van der Waals surface area contributed by atoms with E-state index >= 15 is 0 Å². The highest BCUT2D eigenvalue weighted by molar-refractivity contribution is 9.10. The van der Waals surface area contributed by atoms with Crippen molar-refractivity contribution >= 4 is 50.7 Å². The number of esters is 1. The number of benzene rings is 2. The number of aliphatic hydroxyl groups is 1. The molecule has 0 spiro atoms. The number of phenols is 1. The van der Waals surface area contributed by atoms with Crippen LogP contribution in [0.25, 0.3) is 6.08 Å². The summed E-state index contributed by atoms with van der Waals surface area (Å²) in [4.78, 5) is 29.7. The number of aromatic hydroxyl groups is 1. The van der Waals surface area contributed by atoms with E-state index in [1.807, 2.05) is 0 Å². The Balaban J connectivity index is 2.08. The third-order valence-corrected chi connectivity index (χ3v) is 6.08. The molecule has 0 saturated carbocycles. The van der Waals surface area contributed by atoms with Crippen molar-refractivity contribution in [3.63, 3.8) is 0 Å². The van der Waals surface area contributed by atoms with Crippen molar-refractivity contribution in [2.45, 2.75) is 20.8 Å². The van der Waals surface area contributed by atoms with Gasteiger partial charge in [-0.25, -0.2) is 9.79 Å². The van der Waals surface area contributed by atoms with Crippen LogP contribution in [0.3, 0.4) is 0 Å². The van der Waals surface area contributed by atoms with Crippen LogP contribution >= 0.6 is 27.7 Å². The van der Waals surface area contributed by atoms with Crippen LogP contribution in [0.15, 0.2) is 62.1 Å². The van der Waals surface area contributed by atoms with Crippen molar-refractivity contribution < 1.29 is 29.3 Å². The second kappa shape index (κ2) is 10.7. The third-order valence-electron chi connectivity index (χ3n) is 4.60. The molecule has 2 N–H and O–H groups in total. The van der Waals surface area contributed by atoms with Crippen LogP contribution < -0.4 is 4.74 Å². The smallest absolute Gasteiger partial charge is 0.344 e. The molecule has 7 nitrogen and oxygen atoms in total. The van der Waals surface area contributed by atoms with Gasteiger partial charge < -0.3 is 19.7 Å². The van der Waals surface area contributed by atoms with Crippen molar-refractivity contribution in [1.29, 1.82) is 0 Å². The lowest BCUT2D eigenvalue weighted by molar-refractivity contribution is -0.138. The Hall–Kier alpha value is -3.04. The van der Waals surface area contributed by atoms with Gasteiger partial charge >= 0.3 is 5.97 Å². The van der Waals surface area contributed by atoms with Crippen LogP contribution in [-0.4, -0.2) is 40.3 Å². The van der Waals surface area contributed by atoms with Crippen LogP contribution in [0.2, 0.25) is 0 Å². The molecule has 1 heterocycles. The van der Waals surface area contributed by atoms with Crippen LogP contribution in [0.4, 0.5) is 0 Å². The summed E-state index contributed by atoms with van der Waals surface area (Å²) in [5, 5.41) is 21.4. The number of carbonyl (C=O) groups excluding carboxylic acids is 2. The SMILES string of the molecule is CCOC(=O)C1=C(O)/C(=C/c2cc(Br)cc(OCC)c2O)SC1=NC(=O)c1ccccc1C. The van der Waals surface area contributed by atoms with E-state index in [1.54, 1.807) is 57.2 Å². The van der Waals surface area contributed by atoms with Crippen LogP contribution in [-0.2, 0) is 9.53 Å². The summed E-state index contributed by atoms with van der Waals surface area (Å²) in [5.41, 5.74) is 1.27. The number of nitrogens with zero attached hydrogens (tertiary/aromatic N) is 1. The van der Waals surface area contributed by atoms with E-state index in [9.17, 15) is 19.8 Å². The number of amides is 1. The number of rotatable bonds is 6. The second-order valence-electron chi connectivity index (χ2n) is 6.87. The van der Waals surface area contributed by atoms with Gasteiger partial charge in [-0.15, -0.1) is 0 Å². The van der Waals surface area contributed by atoms with Gasteiger partial charge in [-0.2, -0.15) is 0 Å². The van der Waals surface area contributed by atoms with E-state index in [1.165, 1.54) is 6.08 Å². The van der Waals surface area contributed by atoms with Gasteiger partial charge in [-0.05, 0) is 50.6 Å². The molecular weight excluding hydrogens is 510 g/mol. The zero-order chi connectivity index (χ0) is 24.1. The molecule has 0 unspecified atom stereocenters. The molecular formula is C24H22BrNO6S. The minimum Gasteiger partial charge on any atom is -0.506 e. The second-order valence-corrected chi connectivity index (χ2v) is 8.81. The number of carbonyl (C=O) groups is 2. The van der Waals surface area contributed by atoms with Crippen molar-refractivity contribution in [1.82, 2.24) is 0 Å². The molecule has 172 valence electrons. The number of phenolic OH excluding ortho intramolecular Hbond substituents is 1. The summed E-state index contributed by atoms with van der Waals surface area (Å²) in [6.07, 6.45) is 1.49. The molecule has 2 aromatic carbocycles. The minimum atomic E-state index is -0.796. The standard InChI is InChI=1S/C24H22BrNO6S/c1-4-31-17-12-15(25)10-14(20(17)27)11-18-21(28)19(24(30)32-5-2)23(33-18)26-22(29)16-9-7-6-8-13(16)3/h6-12,27-28H,4-5H2,1-3H3/b18-11-,26-23?. The molecule has 2 aromatic rings. The molecule has 33 heavy (non-hydrogen) atoms. The van der Waals surface area contributed by atoms with Gasteiger partial charge in [0.15, 0.2) is 11.5 Å². The van der Waals surface area contributed by atoms with Gasteiger partial charge in [0.05, 0.1) is 18.1 Å². The molecule has 1 aliphatic heterocycles. The number of ether oxygens (including phenoxy) is 2. The monoisotopic (exact) mass is 531 g/mol. The lowest BCUT2D eigenvalue weighted by Crippen LogP contribution is -2.14. The predicted molar refractivity (Wildman–Crippen MR) is 132 cm³/mol. The first-order valence-corrected chi connectivity index (χ1v) is 11.7. The largest absolute Gasteiger partial charge is 0.506 e. The van der Waals surface area contributed by atoms with Crippen molar-refractivity contribution in [2.75, 3.05) is 13.2 Å². The van der Waals surface area contributed by atoms with Crippen LogP contribution in [0.5, 0.6) is 11.5 Å². The number of halogens is 1. The van der Waals surface area contributed by atoms with Gasteiger partial charge in [0.25, 0.3) is 5.91 Å². The quantitative estimate of drug-likeness (QED) is 0.469. The Morgan fingerprint density at radius 2 is 1.88 bits per heavy atom. The Bertz CT molecular complexity index is 1200. The van der Waals surface area contributed by atoms with E-state index in [0.717, 1.165) is 17.3 Å². The lowest BCUT2D eigenvalue weighted by atomic mass is 10.1. The number of aryl methyl sites for hydroxylation is 1. The van der Waals surface area contributed by atoms with Gasteiger partial charge in [0.1, 0.15) is 16.4 Å². The van der Waals surface area contributed by atoms with E-state index in [2.05, 4.69) is 20.9 Å². The summed E-state index contributed by atoms with van der Waals surface area (Å²) >= 11 is 4.31. The molecule has 1 aliphatic rings. The first kappa shape index (κ1) is 24.6. The predicted octanol–water partition coefficient (Wildman–Crippen LogP) is 5.56. The Kier molecular flexibility index (Phi) is 7.99. The number of hydrogen-bond acceptors (Lipinski definition) is 7. The van der Waals surface area contributed by atoms with E-state index < -0.39 is 11.9 Å². The maximum Gasteiger partial charge on any atom is 0.344 e. The molecule has 9 heteroatoms. The van der Waals surface area contributed by atoms with E-state index in [-0.39, 0.29) is 39.4 Å². The molecule has 0 radical (unpaired) electrons. The Labute approximate surface area is 204 Å². The van der Waals surface area contributed by atoms with E-state index in [0.29, 0.717) is 22.2 Å². The van der Waals surface area contributed by atoms with Gasteiger partial charge in [0.2, 0.25) is 0 Å².